The zero-order valence-corrected chi connectivity index (χ0v) is 28.8. The van der Waals surface area contributed by atoms with Crippen LogP contribution < -0.4 is 10.6 Å². The molecule has 9 nitrogen and oxygen atoms in total. The lowest BCUT2D eigenvalue weighted by Crippen LogP contribution is -3.05. The predicted molar refractivity (Wildman–Crippen MR) is 168 cm³/mol. The molecule has 0 saturated carbocycles. The Bertz CT molecular complexity index is 1630. The highest BCUT2D eigenvalue weighted by molar-refractivity contribution is 5.84. The first-order valence-electron chi connectivity index (χ1n) is 16.4. The number of halogens is 9. The van der Waals surface area contributed by atoms with Crippen LogP contribution in [0, 0.1) is 5.92 Å². The summed E-state index contributed by atoms with van der Waals surface area (Å²) in [4.78, 5) is 17.9. The molecule has 0 radical (unpaired) electrons. The molecular formula is C33H42F9N8O+. The molecule has 1 amide bonds. The van der Waals surface area contributed by atoms with E-state index in [1.54, 1.807) is 0 Å². The number of likely N-dealkylation sites (tertiary alicyclic amines) is 1. The van der Waals surface area contributed by atoms with Crippen molar-refractivity contribution >= 4 is 11.9 Å². The van der Waals surface area contributed by atoms with Gasteiger partial charge >= 0.3 is 24.5 Å². The molecule has 2 atom stereocenters. The summed E-state index contributed by atoms with van der Waals surface area (Å²) < 4.78 is 124. The molecule has 1 aliphatic heterocycles. The van der Waals surface area contributed by atoms with Gasteiger partial charge in [0.15, 0.2) is 0 Å². The van der Waals surface area contributed by atoms with Crippen molar-refractivity contribution in [2.45, 2.75) is 83.2 Å². The Labute approximate surface area is 289 Å². The molecule has 0 bridgehead atoms. The van der Waals surface area contributed by atoms with Gasteiger partial charge in [0.05, 0.1) is 23.7 Å². The average molecular weight is 738 g/mol. The number of aromatic nitrogens is 4. The number of hydrogen-bond acceptors (Lipinski definition) is 6. The standard InChI is InChI=1S/C33H41F9N8O/c1-6-27(49-11-9-30(10-12-49,28(43)51)47(4)17-20(2)3)26-8-7-23(31(34,35)36)15-22(26)19-50(29-44-46-48(5)45-29)18-21-13-24(32(37,38)39)16-25(14-21)33(40,41)42/h7-8,13-16,20,27H,6,9-12,17-19H2,1-5H3,(H2,43,51)/p+1. The lowest BCUT2D eigenvalue weighted by molar-refractivity contribution is -0.867. The molecule has 51 heavy (non-hydrogen) atoms. The first kappa shape index (κ1) is 40.0. The van der Waals surface area contributed by atoms with Gasteiger partial charge in [-0.2, -0.15) is 44.3 Å². The largest absolute Gasteiger partial charge is 0.416 e. The molecule has 4 rings (SSSR count). The third kappa shape index (κ3) is 9.37. The smallest absolute Gasteiger partial charge is 0.368 e. The van der Waals surface area contributed by atoms with Crippen molar-refractivity contribution in [2.75, 3.05) is 26.7 Å². The SMILES string of the molecule is CCC(c1ccc(C(F)(F)F)cc1C[NH+](Cc1cc(C(F)(F)F)cc(C(F)(F)F)c1)c1nnn(C)n1)N1CCC(C(N)=O)(N(C)CC(C)C)CC1. The van der Waals surface area contributed by atoms with E-state index >= 15 is 0 Å². The summed E-state index contributed by atoms with van der Waals surface area (Å²) in [6, 6.07) is 3.93. The van der Waals surface area contributed by atoms with Gasteiger partial charge in [-0.15, -0.1) is 0 Å². The third-order valence-electron chi connectivity index (χ3n) is 9.40. The molecule has 1 aromatic heterocycles. The average Bonchev–Trinajstić information content (AvgIpc) is 3.46. The highest BCUT2D eigenvalue weighted by Crippen LogP contribution is 2.39. The molecule has 3 aromatic rings. The number of likely N-dealkylation sites (N-methyl/N-ethyl adjacent to an activating group) is 1. The van der Waals surface area contributed by atoms with E-state index < -0.39 is 59.3 Å². The summed E-state index contributed by atoms with van der Waals surface area (Å²) in [6.45, 7) is 6.40. The molecule has 2 heterocycles. The van der Waals surface area contributed by atoms with Gasteiger partial charge < -0.3 is 5.73 Å². The fourth-order valence-corrected chi connectivity index (χ4v) is 6.92. The number of carbonyl (C=O) groups is 1. The van der Waals surface area contributed by atoms with E-state index in [2.05, 4.69) is 20.3 Å². The Morgan fingerprint density at radius 2 is 1.49 bits per heavy atom. The van der Waals surface area contributed by atoms with E-state index in [-0.39, 0.29) is 40.5 Å². The molecule has 1 fully saturated rings. The number of alkyl halides is 9. The van der Waals surface area contributed by atoms with Crippen LogP contribution in [-0.4, -0.2) is 68.1 Å². The van der Waals surface area contributed by atoms with Crippen LogP contribution in [0.5, 0.6) is 0 Å². The maximum absolute atomic E-state index is 14.1. The molecule has 282 valence electrons. The fourth-order valence-electron chi connectivity index (χ4n) is 6.92. The van der Waals surface area contributed by atoms with Gasteiger partial charge in [-0.05, 0) is 73.3 Å². The Morgan fingerprint density at radius 1 is 0.922 bits per heavy atom. The number of amides is 1. The van der Waals surface area contributed by atoms with Crippen LogP contribution >= 0.6 is 0 Å². The quantitative estimate of drug-likeness (QED) is 0.237. The van der Waals surface area contributed by atoms with E-state index in [9.17, 15) is 44.3 Å². The van der Waals surface area contributed by atoms with Gasteiger partial charge in [0, 0.05) is 36.8 Å². The van der Waals surface area contributed by atoms with Gasteiger partial charge in [0.2, 0.25) is 5.91 Å². The number of nitrogens with zero attached hydrogens (tertiary/aromatic N) is 6. The Morgan fingerprint density at radius 3 is 1.94 bits per heavy atom. The second-order valence-electron chi connectivity index (χ2n) is 13.5. The van der Waals surface area contributed by atoms with Gasteiger partial charge in [0.1, 0.15) is 18.6 Å². The molecule has 0 aliphatic carbocycles. The maximum atomic E-state index is 14.1. The minimum Gasteiger partial charge on any atom is -0.368 e. The maximum Gasteiger partial charge on any atom is 0.416 e. The Hall–Kier alpha value is -3.77. The van der Waals surface area contributed by atoms with Crippen molar-refractivity contribution in [3.8, 4) is 0 Å². The van der Waals surface area contributed by atoms with Crippen molar-refractivity contribution in [3.63, 3.8) is 0 Å². The van der Waals surface area contributed by atoms with Gasteiger partial charge in [-0.1, -0.05) is 37.0 Å². The lowest BCUT2D eigenvalue weighted by atomic mass is 9.83. The number of primary amides is 1. The normalized spacial score (nSPS) is 17.3. The van der Waals surface area contributed by atoms with Crippen LogP contribution in [-0.2, 0) is 43.5 Å². The molecule has 1 saturated heterocycles. The molecular weight excluding hydrogens is 695 g/mol. The first-order valence-corrected chi connectivity index (χ1v) is 16.4. The fraction of sp³-hybridized carbons (Fsp3) is 0.576. The number of hydrogen-bond donors (Lipinski definition) is 2. The van der Waals surface area contributed by atoms with E-state index in [1.165, 1.54) is 13.1 Å². The van der Waals surface area contributed by atoms with Crippen molar-refractivity contribution in [1.29, 1.82) is 0 Å². The molecule has 18 heteroatoms. The number of rotatable bonds is 12. The minimum absolute atomic E-state index is 0.00658. The zero-order chi connectivity index (χ0) is 38.1. The van der Waals surface area contributed by atoms with Crippen LogP contribution in [0.3, 0.4) is 0 Å². The van der Waals surface area contributed by atoms with Gasteiger partial charge in [-0.3, -0.25) is 19.5 Å². The summed E-state index contributed by atoms with van der Waals surface area (Å²) in [5, 5.41) is 11.8. The highest BCUT2D eigenvalue weighted by Gasteiger charge is 2.45. The number of aryl methyl sites for hydroxylation is 1. The first-order chi connectivity index (χ1) is 23.5. The summed E-state index contributed by atoms with van der Waals surface area (Å²) in [5.41, 5.74) is 1.20. The molecule has 2 unspecified atom stereocenters. The number of piperidine rings is 1. The second kappa shape index (κ2) is 15.1. The number of tetrazole rings is 1. The zero-order valence-electron chi connectivity index (χ0n) is 28.8. The van der Waals surface area contributed by atoms with Crippen molar-refractivity contribution in [3.05, 3.63) is 69.8 Å². The van der Waals surface area contributed by atoms with Crippen molar-refractivity contribution < 1.29 is 49.2 Å². The van der Waals surface area contributed by atoms with E-state index in [4.69, 9.17) is 5.73 Å². The Balaban J connectivity index is 1.77. The van der Waals surface area contributed by atoms with E-state index in [1.807, 2.05) is 32.7 Å². The Kier molecular flexibility index (Phi) is 11.8. The number of benzene rings is 2. The minimum atomic E-state index is -5.10. The summed E-state index contributed by atoms with van der Waals surface area (Å²) in [5.74, 6) is -0.350. The van der Waals surface area contributed by atoms with Gasteiger partial charge in [-0.25, -0.2) is 0 Å². The topological polar surface area (TPSA) is 97.6 Å². The van der Waals surface area contributed by atoms with Crippen LogP contribution in [0.15, 0.2) is 36.4 Å². The predicted octanol–water partition coefficient (Wildman–Crippen LogP) is 5.54. The monoisotopic (exact) mass is 737 g/mol. The molecule has 3 N–H and O–H groups in total. The van der Waals surface area contributed by atoms with E-state index in [0.29, 0.717) is 56.6 Å². The van der Waals surface area contributed by atoms with Crippen LogP contribution in [0.4, 0.5) is 45.5 Å². The molecule has 2 aromatic carbocycles. The highest BCUT2D eigenvalue weighted by atomic mass is 19.4. The number of quaternary nitrogens is 1. The summed E-state index contributed by atoms with van der Waals surface area (Å²) >= 11 is 0. The van der Waals surface area contributed by atoms with E-state index in [0.717, 1.165) is 16.9 Å². The second-order valence-corrected chi connectivity index (χ2v) is 13.5. The lowest BCUT2D eigenvalue weighted by Gasteiger charge is -2.47. The molecule has 0 spiro atoms. The number of carbonyl (C=O) groups excluding carboxylic acids is 1. The molecule has 1 aliphatic rings. The van der Waals surface area contributed by atoms with Crippen LogP contribution in [0.25, 0.3) is 0 Å². The number of nitrogens with two attached hydrogens (primary N) is 1. The third-order valence-corrected chi connectivity index (χ3v) is 9.40. The van der Waals surface area contributed by atoms with Crippen molar-refractivity contribution in [1.82, 2.24) is 30.0 Å². The summed E-state index contributed by atoms with van der Waals surface area (Å²) in [7, 11) is 3.23. The summed E-state index contributed by atoms with van der Waals surface area (Å²) in [6.07, 6.45) is -13.8. The van der Waals surface area contributed by atoms with Gasteiger partial charge in [0.25, 0.3) is 0 Å². The number of nitrogens with one attached hydrogen (secondary N) is 1. The van der Waals surface area contributed by atoms with Crippen molar-refractivity contribution in [2.24, 2.45) is 18.7 Å². The van der Waals surface area contributed by atoms with Crippen LogP contribution in [0.1, 0.15) is 79.5 Å². The van der Waals surface area contributed by atoms with Crippen LogP contribution in [0.2, 0.25) is 0 Å².